The summed E-state index contributed by atoms with van der Waals surface area (Å²) in [6.45, 7) is 1.51. The Labute approximate surface area is 69.5 Å². The Bertz CT molecular complexity index is 264. The molecule has 0 saturated heterocycles. The Kier molecular flexibility index (Phi) is 2.17. The quantitative estimate of drug-likeness (QED) is 0.612. The number of aliphatic hydroxyl groups is 1. The van der Waals surface area contributed by atoms with E-state index < -0.39 is 11.9 Å². The van der Waals surface area contributed by atoms with E-state index in [4.69, 9.17) is 10.2 Å². The zero-order chi connectivity index (χ0) is 9.30. The fraction of sp³-hybridized carbons (Fsp3) is 0.500. The molecule has 1 atom stereocenters. The lowest BCUT2D eigenvalue weighted by atomic mass is 9.88. The standard InChI is InChI=1S/C8H10O4/c1-4-6(9)2-5(8(11)12)3-7(4)10/h5,9H,2-3H2,1H3,(H,11,12). The maximum atomic E-state index is 11.0. The second-order valence-electron chi connectivity index (χ2n) is 2.94. The van der Waals surface area contributed by atoms with Gasteiger partial charge in [-0.3, -0.25) is 9.59 Å². The third-order valence-corrected chi connectivity index (χ3v) is 2.07. The lowest BCUT2D eigenvalue weighted by Crippen LogP contribution is -2.24. The van der Waals surface area contributed by atoms with Gasteiger partial charge in [-0.25, -0.2) is 0 Å². The van der Waals surface area contributed by atoms with Gasteiger partial charge in [-0.15, -0.1) is 0 Å². The minimum absolute atomic E-state index is 0.00519. The van der Waals surface area contributed by atoms with E-state index in [0.29, 0.717) is 5.57 Å². The summed E-state index contributed by atoms with van der Waals surface area (Å²) in [7, 11) is 0. The summed E-state index contributed by atoms with van der Waals surface area (Å²) in [6.07, 6.45) is 0.0815. The van der Waals surface area contributed by atoms with Crippen molar-refractivity contribution < 1.29 is 19.8 Å². The highest BCUT2D eigenvalue weighted by Gasteiger charge is 2.29. The van der Waals surface area contributed by atoms with E-state index in [1.165, 1.54) is 6.92 Å². The van der Waals surface area contributed by atoms with Crippen molar-refractivity contribution >= 4 is 11.8 Å². The summed E-state index contributed by atoms with van der Waals surface area (Å²) in [5.41, 5.74) is 0.299. The van der Waals surface area contributed by atoms with Crippen LogP contribution in [0.3, 0.4) is 0 Å². The summed E-state index contributed by atoms with van der Waals surface area (Å²) in [5, 5.41) is 17.7. The Balaban J connectivity index is 2.85. The third-order valence-electron chi connectivity index (χ3n) is 2.07. The number of hydrogen-bond acceptors (Lipinski definition) is 3. The number of Topliss-reactive ketones (excluding diaryl/α,β-unsaturated/α-hetero) is 1. The first-order valence-electron chi connectivity index (χ1n) is 3.67. The predicted molar refractivity (Wildman–Crippen MR) is 40.7 cm³/mol. The van der Waals surface area contributed by atoms with Crippen molar-refractivity contribution in [3.05, 3.63) is 11.3 Å². The van der Waals surface area contributed by atoms with E-state index in [9.17, 15) is 9.59 Å². The number of carboxylic acids is 1. The summed E-state index contributed by atoms with van der Waals surface area (Å²) >= 11 is 0. The second kappa shape index (κ2) is 2.97. The van der Waals surface area contributed by atoms with Crippen molar-refractivity contribution in [3.63, 3.8) is 0 Å². The number of hydrogen-bond donors (Lipinski definition) is 2. The first-order valence-corrected chi connectivity index (χ1v) is 3.67. The van der Waals surface area contributed by atoms with Crippen LogP contribution in [0.5, 0.6) is 0 Å². The maximum Gasteiger partial charge on any atom is 0.307 e. The number of carboxylic acid groups (broad SMARTS) is 1. The van der Waals surface area contributed by atoms with Crippen molar-refractivity contribution in [1.29, 1.82) is 0 Å². The van der Waals surface area contributed by atoms with Gasteiger partial charge < -0.3 is 10.2 Å². The smallest absolute Gasteiger partial charge is 0.307 e. The van der Waals surface area contributed by atoms with E-state index in [1.807, 2.05) is 0 Å². The van der Waals surface area contributed by atoms with Crippen LogP contribution in [0, 0.1) is 5.92 Å². The Hall–Kier alpha value is -1.32. The van der Waals surface area contributed by atoms with Crippen LogP contribution in [0.15, 0.2) is 11.3 Å². The molecule has 12 heavy (non-hydrogen) atoms. The summed E-state index contributed by atoms with van der Waals surface area (Å²) in [4.78, 5) is 21.5. The number of aliphatic carboxylic acids is 1. The molecule has 66 valence electrons. The lowest BCUT2D eigenvalue weighted by molar-refractivity contribution is -0.144. The molecule has 2 N–H and O–H groups in total. The molecule has 0 spiro atoms. The molecule has 0 aromatic rings. The van der Waals surface area contributed by atoms with Crippen molar-refractivity contribution in [3.8, 4) is 0 Å². The first-order chi connectivity index (χ1) is 5.52. The van der Waals surface area contributed by atoms with Crippen LogP contribution in [0.25, 0.3) is 0 Å². The summed E-state index contributed by atoms with van der Waals surface area (Å²) in [5.74, 6) is -2.13. The van der Waals surface area contributed by atoms with Gasteiger partial charge in [0.1, 0.15) is 0 Å². The molecule has 1 aliphatic rings. The van der Waals surface area contributed by atoms with Gasteiger partial charge in [-0.05, 0) is 6.92 Å². The molecule has 0 aliphatic heterocycles. The highest BCUT2D eigenvalue weighted by molar-refractivity contribution is 5.98. The molecule has 0 amide bonds. The van der Waals surface area contributed by atoms with Crippen LogP contribution in [0.2, 0.25) is 0 Å². The number of aliphatic hydroxyl groups excluding tert-OH is 1. The Morgan fingerprint density at radius 1 is 1.50 bits per heavy atom. The van der Waals surface area contributed by atoms with Crippen molar-refractivity contribution in [2.45, 2.75) is 19.8 Å². The second-order valence-corrected chi connectivity index (χ2v) is 2.94. The fourth-order valence-electron chi connectivity index (χ4n) is 1.17. The molecule has 1 rings (SSSR count). The van der Waals surface area contributed by atoms with Gasteiger partial charge >= 0.3 is 5.97 Å². The fourth-order valence-corrected chi connectivity index (χ4v) is 1.17. The molecule has 1 aliphatic carbocycles. The first kappa shape index (κ1) is 8.77. The number of allylic oxidation sites excluding steroid dienone is 2. The molecule has 0 bridgehead atoms. The number of carbonyl (C=O) groups excluding carboxylic acids is 1. The molecule has 0 aromatic carbocycles. The minimum atomic E-state index is -1.03. The van der Waals surface area contributed by atoms with Crippen molar-refractivity contribution in [2.24, 2.45) is 5.92 Å². The van der Waals surface area contributed by atoms with Gasteiger partial charge in [0.25, 0.3) is 0 Å². The number of rotatable bonds is 1. The molecule has 4 nitrogen and oxygen atoms in total. The van der Waals surface area contributed by atoms with Gasteiger partial charge in [-0.1, -0.05) is 0 Å². The van der Waals surface area contributed by atoms with E-state index in [-0.39, 0.29) is 24.4 Å². The van der Waals surface area contributed by atoms with Gasteiger partial charge in [-0.2, -0.15) is 0 Å². The average Bonchev–Trinajstić information content (AvgIpc) is 1.99. The Morgan fingerprint density at radius 2 is 2.08 bits per heavy atom. The van der Waals surface area contributed by atoms with E-state index in [2.05, 4.69) is 0 Å². The largest absolute Gasteiger partial charge is 0.512 e. The highest BCUT2D eigenvalue weighted by atomic mass is 16.4. The van der Waals surface area contributed by atoms with Crippen LogP contribution in [-0.2, 0) is 9.59 Å². The lowest BCUT2D eigenvalue weighted by Gasteiger charge is -2.17. The topological polar surface area (TPSA) is 74.6 Å². The van der Waals surface area contributed by atoms with Crippen LogP contribution >= 0.6 is 0 Å². The molecule has 0 radical (unpaired) electrons. The van der Waals surface area contributed by atoms with Crippen LogP contribution < -0.4 is 0 Å². The van der Waals surface area contributed by atoms with Gasteiger partial charge in [0, 0.05) is 18.4 Å². The van der Waals surface area contributed by atoms with E-state index in [1.54, 1.807) is 0 Å². The van der Waals surface area contributed by atoms with Crippen LogP contribution in [-0.4, -0.2) is 22.0 Å². The molecule has 1 unspecified atom stereocenters. The van der Waals surface area contributed by atoms with Crippen molar-refractivity contribution in [2.75, 3.05) is 0 Å². The molecule has 0 saturated carbocycles. The van der Waals surface area contributed by atoms with Gasteiger partial charge in [0.15, 0.2) is 5.78 Å². The van der Waals surface area contributed by atoms with Gasteiger partial charge in [0.2, 0.25) is 0 Å². The zero-order valence-corrected chi connectivity index (χ0v) is 6.70. The van der Waals surface area contributed by atoms with Gasteiger partial charge in [0.05, 0.1) is 11.7 Å². The van der Waals surface area contributed by atoms with E-state index in [0.717, 1.165) is 0 Å². The summed E-state index contributed by atoms with van der Waals surface area (Å²) < 4.78 is 0. The molecular formula is C8H10O4. The normalized spacial score (nSPS) is 24.4. The Morgan fingerprint density at radius 3 is 2.50 bits per heavy atom. The molecular weight excluding hydrogens is 160 g/mol. The van der Waals surface area contributed by atoms with Crippen LogP contribution in [0.4, 0.5) is 0 Å². The number of carbonyl (C=O) groups is 2. The highest BCUT2D eigenvalue weighted by Crippen LogP contribution is 2.25. The average molecular weight is 170 g/mol. The zero-order valence-electron chi connectivity index (χ0n) is 6.70. The number of ketones is 1. The SMILES string of the molecule is CC1=C(O)CC(C(=O)O)CC1=O. The van der Waals surface area contributed by atoms with Crippen molar-refractivity contribution in [1.82, 2.24) is 0 Å². The molecule has 0 heterocycles. The monoisotopic (exact) mass is 170 g/mol. The van der Waals surface area contributed by atoms with Crippen LogP contribution in [0.1, 0.15) is 19.8 Å². The maximum absolute atomic E-state index is 11.0. The predicted octanol–water partition coefficient (Wildman–Crippen LogP) is 0.882. The molecule has 0 aromatic heterocycles. The molecule has 0 fully saturated rings. The minimum Gasteiger partial charge on any atom is -0.512 e. The molecule has 4 heteroatoms. The van der Waals surface area contributed by atoms with E-state index >= 15 is 0 Å². The summed E-state index contributed by atoms with van der Waals surface area (Å²) in [6, 6.07) is 0. The third kappa shape index (κ3) is 1.47.